The summed E-state index contributed by atoms with van der Waals surface area (Å²) in [6.45, 7) is 3.34. The van der Waals surface area contributed by atoms with Crippen molar-refractivity contribution in [2.45, 2.75) is 26.2 Å². The molecule has 1 saturated carbocycles. The van der Waals surface area contributed by atoms with Crippen LogP contribution in [0.4, 0.5) is 0 Å². The lowest BCUT2D eigenvalue weighted by Gasteiger charge is -2.38. The number of nitrogens with two attached hydrogens (primary N) is 1. The topological polar surface area (TPSA) is 55.1 Å². The summed E-state index contributed by atoms with van der Waals surface area (Å²) < 4.78 is 0. The first kappa shape index (κ1) is 13.1. The van der Waals surface area contributed by atoms with Crippen molar-refractivity contribution in [2.75, 3.05) is 13.1 Å². The summed E-state index contributed by atoms with van der Waals surface area (Å²) >= 11 is 1.48. The maximum Gasteiger partial charge on any atom is 0.252 e. The highest BCUT2D eigenvalue weighted by Gasteiger charge is 2.31. The molecule has 0 saturated heterocycles. The van der Waals surface area contributed by atoms with E-state index in [2.05, 4.69) is 24.1 Å². The van der Waals surface area contributed by atoms with Crippen LogP contribution in [0.25, 0.3) is 0 Å². The van der Waals surface area contributed by atoms with E-state index >= 15 is 0 Å². The van der Waals surface area contributed by atoms with Crippen LogP contribution in [-0.4, -0.2) is 19.0 Å². The third-order valence-corrected chi connectivity index (χ3v) is 4.26. The van der Waals surface area contributed by atoms with E-state index in [4.69, 9.17) is 5.73 Å². The van der Waals surface area contributed by atoms with Crippen molar-refractivity contribution in [3.05, 3.63) is 21.9 Å². The van der Waals surface area contributed by atoms with E-state index in [1.807, 2.05) is 11.4 Å². The molecule has 1 aromatic rings. The third kappa shape index (κ3) is 3.12. The lowest BCUT2D eigenvalue weighted by atomic mass is 9.70. The zero-order valence-corrected chi connectivity index (χ0v) is 11.4. The predicted molar refractivity (Wildman–Crippen MR) is 74.5 cm³/mol. The van der Waals surface area contributed by atoms with Gasteiger partial charge in [0, 0.05) is 11.9 Å². The highest BCUT2D eigenvalue weighted by molar-refractivity contribution is 7.10. The largest absolute Gasteiger partial charge is 0.351 e. The minimum atomic E-state index is 0.000161. The molecule has 4 heteroatoms. The SMILES string of the molecule is CC1(CNC(=O)c2csc(C#CCN)c2)CCC1. The van der Waals surface area contributed by atoms with Crippen molar-refractivity contribution in [3.63, 3.8) is 0 Å². The molecule has 1 fully saturated rings. The van der Waals surface area contributed by atoms with Crippen LogP contribution >= 0.6 is 11.3 Å². The fraction of sp³-hybridized carbons (Fsp3) is 0.500. The number of hydrogen-bond donors (Lipinski definition) is 2. The fourth-order valence-electron chi connectivity index (χ4n) is 2.01. The second-order valence-electron chi connectivity index (χ2n) is 5.05. The Morgan fingerprint density at radius 1 is 1.61 bits per heavy atom. The summed E-state index contributed by atoms with van der Waals surface area (Å²) in [4.78, 5) is 12.8. The molecule has 18 heavy (non-hydrogen) atoms. The number of rotatable bonds is 3. The van der Waals surface area contributed by atoms with Crippen LogP contribution in [0.2, 0.25) is 0 Å². The van der Waals surface area contributed by atoms with E-state index in [0.717, 1.165) is 11.4 Å². The van der Waals surface area contributed by atoms with Gasteiger partial charge in [0.2, 0.25) is 0 Å². The molecule has 96 valence electrons. The fourth-order valence-corrected chi connectivity index (χ4v) is 2.77. The van der Waals surface area contributed by atoms with Gasteiger partial charge in [-0.05, 0) is 24.3 Å². The van der Waals surface area contributed by atoms with Gasteiger partial charge >= 0.3 is 0 Å². The predicted octanol–water partition coefficient (Wildman–Crippen LogP) is 1.98. The van der Waals surface area contributed by atoms with Gasteiger partial charge in [-0.2, -0.15) is 0 Å². The van der Waals surface area contributed by atoms with Crippen LogP contribution in [0, 0.1) is 17.3 Å². The van der Waals surface area contributed by atoms with Crippen LogP contribution in [0.1, 0.15) is 41.4 Å². The van der Waals surface area contributed by atoms with Crippen LogP contribution in [0.5, 0.6) is 0 Å². The van der Waals surface area contributed by atoms with Crippen molar-refractivity contribution >= 4 is 17.2 Å². The Balaban J connectivity index is 1.90. The molecule has 2 rings (SSSR count). The zero-order valence-electron chi connectivity index (χ0n) is 10.6. The summed E-state index contributed by atoms with van der Waals surface area (Å²) in [5.41, 5.74) is 6.32. The van der Waals surface area contributed by atoms with E-state index in [1.165, 1.54) is 30.6 Å². The molecule has 0 bridgehead atoms. The first-order chi connectivity index (χ1) is 8.63. The number of nitrogens with one attached hydrogen (secondary N) is 1. The molecule has 1 heterocycles. The third-order valence-electron chi connectivity index (χ3n) is 3.41. The second kappa shape index (κ2) is 5.55. The Morgan fingerprint density at radius 3 is 3.00 bits per heavy atom. The molecule has 1 aliphatic rings. The normalized spacial score (nSPS) is 16.3. The van der Waals surface area contributed by atoms with Gasteiger partial charge in [-0.1, -0.05) is 25.2 Å². The number of hydrogen-bond acceptors (Lipinski definition) is 3. The standard InChI is InChI=1S/C14H18N2OS/c1-14(5-3-6-14)10-16-13(17)11-8-12(18-9-11)4-2-7-15/h8-9H,3,5-7,10,15H2,1H3,(H,16,17). The molecule has 1 aliphatic carbocycles. The van der Waals surface area contributed by atoms with Crippen molar-refractivity contribution in [2.24, 2.45) is 11.1 Å². The number of carbonyl (C=O) groups excluding carboxylic acids is 1. The Morgan fingerprint density at radius 2 is 2.39 bits per heavy atom. The summed E-state index contributed by atoms with van der Waals surface area (Å²) in [6.07, 6.45) is 3.71. The molecule has 0 aliphatic heterocycles. The van der Waals surface area contributed by atoms with Gasteiger partial charge in [-0.25, -0.2) is 0 Å². The molecule has 1 aromatic heterocycles. The second-order valence-corrected chi connectivity index (χ2v) is 5.96. The minimum Gasteiger partial charge on any atom is -0.351 e. The van der Waals surface area contributed by atoms with Crippen LogP contribution in [-0.2, 0) is 0 Å². The van der Waals surface area contributed by atoms with E-state index in [1.54, 1.807) is 0 Å². The summed E-state index contributed by atoms with van der Waals surface area (Å²) in [5, 5.41) is 4.85. The van der Waals surface area contributed by atoms with E-state index in [9.17, 15) is 4.79 Å². The van der Waals surface area contributed by atoms with Gasteiger partial charge in [0.05, 0.1) is 17.0 Å². The van der Waals surface area contributed by atoms with Crippen molar-refractivity contribution in [1.29, 1.82) is 0 Å². The van der Waals surface area contributed by atoms with Crippen molar-refractivity contribution < 1.29 is 4.79 Å². The lowest BCUT2D eigenvalue weighted by Crippen LogP contribution is -2.39. The molecule has 0 unspecified atom stereocenters. The summed E-state index contributed by atoms with van der Waals surface area (Å²) in [5.74, 6) is 5.73. The first-order valence-electron chi connectivity index (χ1n) is 6.19. The first-order valence-corrected chi connectivity index (χ1v) is 7.07. The molecular weight excluding hydrogens is 244 g/mol. The quantitative estimate of drug-likeness (QED) is 0.818. The van der Waals surface area contributed by atoms with Crippen LogP contribution in [0.3, 0.4) is 0 Å². The monoisotopic (exact) mass is 262 g/mol. The Hall–Kier alpha value is -1.31. The molecule has 3 nitrogen and oxygen atoms in total. The molecule has 0 radical (unpaired) electrons. The molecule has 0 aromatic carbocycles. The maximum absolute atomic E-state index is 11.9. The van der Waals surface area contributed by atoms with Gasteiger partial charge in [0.25, 0.3) is 5.91 Å². The Bertz CT molecular complexity index is 491. The van der Waals surface area contributed by atoms with E-state index in [-0.39, 0.29) is 5.91 Å². The number of amides is 1. The molecule has 1 amide bonds. The van der Waals surface area contributed by atoms with Crippen molar-refractivity contribution in [1.82, 2.24) is 5.32 Å². The van der Waals surface area contributed by atoms with Gasteiger partial charge in [0.1, 0.15) is 0 Å². The number of thiophene rings is 1. The van der Waals surface area contributed by atoms with E-state index < -0.39 is 0 Å². The van der Waals surface area contributed by atoms with Crippen molar-refractivity contribution in [3.8, 4) is 11.8 Å². The average molecular weight is 262 g/mol. The van der Waals surface area contributed by atoms with Gasteiger partial charge in [-0.15, -0.1) is 11.3 Å². The maximum atomic E-state index is 11.9. The van der Waals surface area contributed by atoms with E-state index in [0.29, 0.717) is 17.5 Å². The highest BCUT2D eigenvalue weighted by atomic mass is 32.1. The molecular formula is C14H18N2OS. The summed E-state index contributed by atoms with van der Waals surface area (Å²) in [7, 11) is 0. The van der Waals surface area contributed by atoms with Crippen LogP contribution < -0.4 is 11.1 Å². The van der Waals surface area contributed by atoms with Gasteiger partial charge < -0.3 is 11.1 Å². The average Bonchev–Trinajstić information content (AvgIpc) is 2.79. The summed E-state index contributed by atoms with van der Waals surface area (Å²) in [6, 6.07) is 1.83. The highest BCUT2D eigenvalue weighted by Crippen LogP contribution is 2.39. The zero-order chi connectivity index (χ0) is 13.0. The number of carbonyl (C=O) groups is 1. The van der Waals surface area contributed by atoms with Gasteiger partial charge in [-0.3, -0.25) is 4.79 Å². The van der Waals surface area contributed by atoms with Gasteiger partial charge in [0.15, 0.2) is 0 Å². The van der Waals surface area contributed by atoms with Crippen LogP contribution in [0.15, 0.2) is 11.4 Å². The Kier molecular flexibility index (Phi) is 4.05. The molecule has 3 N–H and O–H groups in total. The Labute approximate surface area is 112 Å². The molecule has 0 atom stereocenters. The smallest absolute Gasteiger partial charge is 0.252 e. The minimum absolute atomic E-state index is 0.000161. The lowest BCUT2D eigenvalue weighted by molar-refractivity contribution is 0.0891. The molecule has 0 spiro atoms.